The number of nitrogens with one attached hydrogen (secondary N) is 1. The number of aromatic nitrogens is 2. The van der Waals surface area contributed by atoms with Gasteiger partial charge in [0.25, 0.3) is 0 Å². The minimum Gasteiger partial charge on any atom is -0.374 e. The highest BCUT2D eigenvalue weighted by Crippen LogP contribution is 2.07. The molecule has 0 saturated heterocycles. The van der Waals surface area contributed by atoms with Gasteiger partial charge in [0.05, 0.1) is 0 Å². The number of hydrogen-bond acceptors (Lipinski definition) is 4. The maximum absolute atomic E-state index is 3.67. The number of hydrogen-bond donors (Lipinski definition) is 1. The molecular formula is C6H10N3S. The van der Waals surface area contributed by atoms with Gasteiger partial charge >= 0.3 is 0 Å². The summed E-state index contributed by atoms with van der Waals surface area (Å²) >= 11 is 1.35. The first kappa shape index (κ1) is 7.47. The molecule has 0 aliphatic rings. The minimum atomic E-state index is 0.938. The Morgan fingerprint density at radius 3 is 3.20 bits per heavy atom. The molecule has 0 fully saturated rings. The van der Waals surface area contributed by atoms with Crippen LogP contribution in [0.3, 0.4) is 0 Å². The van der Waals surface area contributed by atoms with Crippen molar-refractivity contribution in [3.63, 3.8) is 0 Å². The Balaban J connectivity index is 2.15. The van der Waals surface area contributed by atoms with Gasteiger partial charge in [0, 0.05) is 18.1 Å². The number of rotatable bonds is 4. The molecule has 1 rings (SSSR count). The van der Waals surface area contributed by atoms with Crippen molar-refractivity contribution in [3.05, 3.63) is 6.20 Å². The van der Waals surface area contributed by atoms with Crippen LogP contribution in [0.4, 0.5) is 5.00 Å². The Kier molecular flexibility index (Phi) is 3.15. The zero-order chi connectivity index (χ0) is 7.23. The van der Waals surface area contributed by atoms with Crippen LogP contribution in [0.15, 0.2) is 0 Å². The summed E-state index contributed by atoms with van der Waals surface area (Å²) in [4.78, 5) is 0. The van der Waals surface area contributed by atoms with Crippen molar-refractivity contribution >= 4 is 16.5 Å². The molecule has 0 saturated carbocycles. The van der Waals surface area contributed by atoms with Crippen LogP contribution in [0.1, 0.15) is 19.8 Å². The first-order valence-corrected chi connectivity index (χ1v) is 4.14. The van der Waals surface area contributed by atoms with Crippen LogP contribution in [0.2, 0.25) is 0 Å². The van der Waals surface area contributed by atoms with E-state index in [-0.39, 0.29) is 0 Å². The Morgan fingerprint density at radius 2 is 2.60 bits per heavy atom. The predicted molar refractivity (Wildman–Crippen MR) is 42.1 cm³/mol. The van der Waals surface area contributed by atoms with E-state index in [0.29, 0.717) is 0 Å². The fraction of sp³-hybridized carbons (Fsp3) is 0.667. The van der Waals surface area contributed by atoms with Crippen molar-refractivity contribution < 1.29 is 0 Å². The molecule has 0 aliphatic carbocycles. The second-order valence-electron chi connectivity index (χ2n) is 1.99. The third kappa shape index (κ3) is 2.31. The summed E-state index contributed by atoms with van der Waals surface area (Å²) in [5.41, 5.74) is 0. The maximum atomic E-state index is 3.67. The van der Waals surface area contributed by atoms with Gasteiger partial charge in [0.2, 0.25) is 0 Å². The summed E-state index contributed by atoms with van der Waals surface area (Å²) in [5, 5.41) is 7.68. The highest BCUT2D eigenvalue weighted by molar-refractivity contribution is 7.09. The Morgan fingerprint density at radius 1 is 1.70 bits per heavy atom. The normalized spacial score (nSPS) is 9.70. The van der Waals surface area contributed by atoms with Crippen LogP contribution in [0.25, 0.3) is 0 Å². The Labute approximate surface area is 64.6 Å². The quantitative estimate of drug-likeness (QED) is 0.672. The number of unbranched alkanes of at least 4 members (excludes halogenated alkanes) is 1. The molecule has 0 aromatic carbocycles. The average molecular weight is 156 g/mol. The Bertz CT molecular complexity index is 162. The van der Waals surface area contributed by atoms with Gasteiger partial charge in [-0.2, -0.15) is 0 Å². The topological polar surface area (TPSA) is 37.8 Å². The number of anilines is 1. The molecule has 1 aromatic heterocycles. The van der Waals surface area contributed by atoms with E-state index in [1.165, 1.54) is 24.4 Å². The van der Waals surface area contributed by atoms with Gasteiger partial charge in [-0.1, -0.05) is 17.8 Å². The van der Waals surface area contributed by atoms with Gasteiger partial charge in [-0.15, -0.1) is 5.10 Å². The van der Waals surface area contributed by atoms with Crippen molar-refractivity contribution in [2.45, 2.75) is 19.8 Å². The summed E-state index contributed by atoms with van der Waals surface area (Å²) in [6.45, 7) is 3.16. The third-order valence-corrected chi connectivity index (χ3v) is 1.72. The van der Waals surface area contributed by atoms with E-state index in [1.807, 2.05) is 0 Å². The standard InChI is InChI=1S/C6H10N3S/c1-2-3-4-7-6-5-8-9-10-6/h7H,2-4H2,1H3. The molecule has 3 nitrogen and oxygen atoms in total. The first-order chi connectivity index (χ1) is 4.93. The molecule has 55 valence electrons. The summed E-state index contributed by atoms with van der Waals surface area (Å²) in [5.74, 6) is 0. The summed E-state index contributed by atoms with van der Waals surface area (Å²) < 4.78 is 3.67. The zero-order valence-corrected chi connectivity index (χ0v) is 6.74. The molecular weight excluding hydrogens is 146 g/mol. The van der Waals surface area contributed by atoms with Crippen LogP contribution >= 0.6 is 11.5 Å². The molecule has 0 bridgehead atoms. The minimum absolute atomic E-state index is 0.938. The lowest BCUT2D eigenvalue weighted by Gasteiger charge is -1.97. The number of nitrogens with zero attached hydrogens (tertiary/aromatic N) is 2. The highest BCUT2D eigenvalue weighted by atomic mass is 32.1. The smallest absolute Gasteiger partial charge is 0.152 e. The van der Waals surface area contributed by atoms with Crippen LogP contribution < -0.4 is 5.32 Å². The lowest BCUT2D eigenvalue weighted by molar-refractivity contribution is 0.835. The van der Waals surface area contributed by atoms with Gasteiger partial charge in [-0.3, -0.25) is 0 Å². The van der Waals surface area contributed by atoms with Crippen molar-refractivity contribution in [1.82, 2.24) is 9.59 Å². The molecule has 10 heavy (non-hydrogen) atoms. The molecule has 0 spiro atoms. The van der Waals surface area contributed by atoms with E-state index < -0.39 is 0 Å². The van der Waals surface area contributed by atoms with Gasteiger partial charge < -0.3 is 5.32 Å². The lowest BCUT2D eigenvalue weighted by Crippen LogP contribution is -1.98. The molecule has 1 N–H and O–H groups in total. The molecule has 0 aliphatic heterocycles. The van der Waals surface area contributed by atoms with Crippen molar-refractivity contribution in [3.8, 4) is 0 Å². The van der Waals surface area contributed by atoms with E-state index in [1.54, 1.807) is 0 Å². The van der Waals surface area contributed by atoms with Crippen molar-refractivity contribution in [2.24, 2.45) is 0 Å². The lowest BCUT2D eigenvalue weighted by atomic mass is 10.3. The zero-order valence-electron chi connectivity index (χ0n) is 5.92. The maximum Gasteiger partial charge on any atom is 0.152 e. The fourth-order valence-corrected chi connectivity index (χ4v) is 1.01. The van der Waals surface area contributed by atoms with Gasteiger partial charge in [0.15, 0.2) is 6.20 Å². The summed E-state index contributed by atoms with van der Waals surface area (Å²) in [6, 6.07) is 0. The molecule has 1 radical (unpaired) electrons. The molecule has 1 aromatic rings. The summed E-state index contributed by atoms with van der Waals surface area (Å²) in [6.07, 6.45) is 5.14. The largest absolute Gasteiger partial charge is 0.374 e. The fourth-order valence-electron chi connectivity index (χ4n) is 0.598. The van der Waals surface area contributed by atoms with Gasteiger partial charge in [-0.25, -0.2) is 0 Å². The second-order valence-corrected chi connectivity index (χ2v) is 2.75. The van der Waals surface area contributed by atoms with E-state index >= 15 is 0 Å². The van der Waals surface area contributed by atoms with Crippen LogP contribution in [-0.2, 0) is 0 Å². The molecule has 1 heterocycles. The summed E-state index contributed by atoms with van der Waals surface area (Å²) in [7, 11) is 0. The first-order valence-electron chi connectivity index (χ1n) is 3.37. The van der Waals surface area contributed by atoms with Crippen LogP contribution in [-0.4, -0.2) is 16.1 Å². The molecule has 0 atom stereocenters. The van der Waals surface area contributed by atoms with E-state index in [9.17, 15) is 0 Å². The molecule has 4 heteroatoms. The second kappa shape index (κ2) is 4.22. The van der Waals surface area contributed by atoms with Crippen LogP contribution in [0, 0.1) is 6.20 Å². The predicted octanol–water partition coefficient (Wildman–Crippen LogP) is 1.55. The highest BCUT2D eigenvalue weighted by Gasteiger charge is 1.92. The van der Waals surface area contributed by atoms with E-state index in [4.69, 9.17) is 0 Å². The molecule has 0 unspecified atom stereocenters. The monoisotopic (exact) mass is 156 g/mol. The average Bonchev–Trinajstić information content (AvgIpc) is 2.41. The van der Waals surface area contributed by atoms with Gasteiger partial charge in [-0.05, 0) is 6.42 Å². The third-order valence-electron chi connectivity index (χ3n) is 1.14. The SMILES string of the molecule is CCCCNc1[c]nns1. The van der Waals surface area contributed by atoms with Crippen LogP contribution in [0.5, 0.6) is 0 Å². The van der Waals surface area contributed by atoms with Crippen molar-refractivity contribution in [2.75, 3.05) is 11.9 Å². The molecule has 0 amide bonds. The Hall–Kier alpha value is -0.640. The van der Waals surface area contributed by atoms with E-state index in [2.05, 4.69) is 28.0 Å². The van der Waals surface area contributed by atoms with E-state index in [0.717, 1.165) is 11.5 Å². The van der Waals surface area contributed by atoms with Gasteiger partial charge in [0.1, 0.15) is 5.00 Å². The van der Waals surface area contributed by atoms with Crippen molar-refractivity contribution in [1.29, 1.82) is 0 Å².